The zero-order chi connectivity index (χ0) is 19.2. The second kappa shape index (κ2) is 8.49. The summed E-state index contributed by atoms with van der Waals surface area (Å²) < 4.78 is 5.06. The van der Waals surface area contributed by atoms with Crippen LogP contribution in [-0.4, -0.2) is 30.2 Å². The van der Waals surface area contributed by atoms with Gasteiger partial charge in [-0.15, -0.1) is 0 Å². The van der Waals surface area contributed by atoms with E-state index in [9.17, 15) is 9.59 Å². The number of aryl methyl sites for hydroxylation is 1. The Morgan fingerprint density at radius 2 is 1.85 bits per heavy atom. The number of hydrogen-bond donors (Lipinski definition) is 1. The molecule has 0 spiro atoms. The van der Waals surface area contributed by atoms with Crippen molar-refractivity contribution >= 4 is 23.3 Å². The number of nitrogens with zero attached hydrogens (tertiary/aromatic N) is 2. The van der Waals surface area contributed by atoms with Gasteiger partial charge in [-0.1, -0.05) is 42.5 Å². The third-order valence-corrected chi connectivity index (χ3v) is 4.46. The maximum Gasteiger partial charge on any atom is 0.354 e. The number of para-hydroxylation sites is 1. The average molecular weight is 365 g/mol. The molecule has 1 amide bonds. The van der Waals surface area contributed by atoms with Crippen LogP contribution < -0.4 is 10.3 Å². The molecule has 6 nitrogen and oxygen atoms in total. The summed E-state index contributed by atoms with van der Waals surface area (Å²) in [5.74, 6) is -0.655. The number of anilines is 1. The van der Waals surface area contributed by atoms with Gasteiger partial charge in [-0.2, -0.15) is 5.10 Å². The Hall–Kier alpha value is -3.15. The third-order valence-electron chi connectivity index (χ3n) is 4.46. The van der Waals surface area contributed by atoms with E-state index in [1.807, 2.05) is 61.5 Å². The summed E-state index contributed by atoms with van der Waals surface area (Å²) in [4.78, 5) is 25.0. The van der Waals surface area contributed by atoms with Gasteiger partial charge in [-0.3, -0.25) is 9.80 Å². The Kier molecular flexibility index (Phi) is 5.86. The van der Waals surface area contributed by atoms with Gasteiger partial charge in [-0.25, -0.2) is 4.79 Å². The maximum absolute atomic E-state index is 12.9. The summed E-state index contributed by atoms with van der Waals surface area (Å²) in [7, 11) is 0. The van der Waals surface area contributed by atoms with E-state index in [4.69, 9.17) is 4.74 Å². The molecule has 0 saturated heterocycles. The Morgan fingerprint density at radius 1 is 1.15 bits per heavy atom. The predicted octanol–water partition coefficient (Wildman–Crippen LogP) is 2.81. The van der Waals surface area contributed by atoms with Crippen molar-refractivity contribution in [3.63, 3.8) is 0 Å². The lowest BCUT2D eigenvalue weighted by Crippen LogP contribution is -2.42. The summed E-state index contributed by atoms with van der Waals surface area (Å²) in [6, 6.07) is 16.7. The fraction of sp³-hybridized carbons (Fsp3) is 0.286. The molecule has 1 aliphatic rings. The molecule has 1 unspecified atom stereocenters. The highest BCUT2D eigenvalue weighted by Crippen LogP contribution is 2.25. The van der Waals surface area contributed by atoms with Crippen molar-refractivity contribution < 1.29 is 14.3 Å². The number of ether oxygens (including phenoxy) is 1. The van der Waals surface area contributed by atoms with E-state index in [0.717, 1.165) is 16.8 Å². The number of hydrogen-bond acceptors (Lipinski definition) is 5. The summed E-state index contributed by atoms with van der Waals surface area (Å²) in [6.45, 7) is 4.46. The van der Waals surface area contributed by atoms with Crippen LogP contribution in [0.4, 0.5) is 5.69 Å². The summed E-state index contributed by atoms with van der Waals surface area (Å²) >= 11 is 0. The Morgan fingerprint density at radius 3 is 2.56 bits per heavy atom. The topological polar surface area (TPSA) is 71.0 Å². The van der Waals surface area contributed by atoms with Crippen molar-refractivity contribution in [3.8, 4) is 0 Å². The van der Waals surface area contributed by atoms with E-state index < -0.39 is 12.0 Å². The molecule has 1 aliphatic heterocycles. The fourth-order valence-electron chi connectivity index (χ4n) is 2.98. The normalized spacial score (nSPS) is 16.0. The van der Waals surface area contributed by atoms with Crippen LogP contribution in [0.15, 0.2) is 59.7 Å². The van der Waals surface area contributed by atoms with E-state index in [-0.39, 0.29) is 24.6 Å². The second-order valence-corrected chi connectivity index (χ2v) is 6.31. The lowest BCUT2D eigenvalue weighted by atomic mass is 10.1. The SMILES string of the molecule is CCOC(=O)C1=NN(c2ccccc2)C(C(=O)NCc2ccccc2C)C1. The van der Waals surface area contributed by atoms with Gasteiger partial charge in [0.2, 0.25) is 5.91 Å². The molecule has 0 aliphatic carbocycles. The van der Waals surface area contributed by atoms with Gasteiger partial charge in [-0.05, 0) is 37.1 Å². The van der Waals surface area contributed by atoms with Crippen LogP contribution in [0.5, 0.6) is 0 Å². The minimum atomic E-state index is -0.587. The molecule has 0 saturated carbocycles. The first-order valence-corrected chi connectivity index (χ1v) is 9.01. The molecule has 1 atom stereocenters. The number of nitrogens with one attached hydrogen (secondary N) is 1. The average Bonchev–Trinajstić information content (AvgIpc) is 3.14. The van der Waals surface area contributed by atoms with Crippen LogP contribution >= 0.6 is 0 Å². The minimum absolute atomic E-state index is 0.176. The van der Waals surface area contributed by atoms with Gasteiger partial charge < -0.3 is 10.1 Å². The summed E-state index contributed by atoms with van der Waals surface area (Å²) in [5, 5.41) is 8.93. The number of hydrazone groups is 1. The molecule has 0 fully saturated rings. The highest BCUT2D eigenvalue weighted by Gasteiger charge is 2.36. The summed E-state index contributed by atoms with van der Waals surface area (Å²) in [6.07, 6.45) is 0.216. The Labute approximate surface area is 158 Å². The standard InChI is InChI=1S/C21H23N3O3/c1-3-27-21(26)18-13-19(24(23-18)17-11-5-4-6-12-17)20(25)22-14-16-10-8-7-9-15(16)2/h4-12,19H,3,13-14H2,1-2H3,(H,22,25). The molecule has 0 radical (unpaired) electrons. The largest absolute Gasteiger partial charge is 0.461 e. The third kappa shape index (κ3) is 4.34. The fourth-order valence-corrected chi connectivity index (χ4v) is 2.98. The number of benzene rings is 2. The van der Waals surface area contributed by atoms with Crippen LogP contribution in [0.3, 0.4) is 0 Å². The first kappa shape index (κ1) is 18.6. The molecule has 0 bridgehead atoms. The van der Waals surface area contributed by atoms with Gasteiger partial charge >= 0.3 is 5.97 Å². The lowest BCUT2D eigenvalue weighted by Gasteiger charge is -2.23. The van der Waals surface area contributed by atoms with Crippen LogP contribution in [0.1, 0.15) is 24.5 Å². The van der Waals surface area contributed by atoms with Crippen LogP contribution in [0.2, 0.25) is 0 Å². The van der Waals surface area contributed by atoms with E-state index >= 15 is 0 Å². The minimum Gasteiger partial charge on any atom is -0.461 e. The first-order chi connectivity index (χ1) is 13.1. The molecule has 140 valence electrons. The number of esters is 1. The Bertz CT molecular complexity index is 849. The smallest absolute Gasteiger partial charge is 0.354 e. The molecule has 2 aromatic carbocycles. The maximum atomic E-state index is 12.9. The highest BCUT2D eigenvalue weighted by atomic mass is 16.5. The van der Waals surface area contributed by atoms with Crippen LogP contribution in [0, 0.1) is 6.92 Å². The summed E-state index contributed by atoms with van der Waals surface area (Å²) in [5.41, 5.74) is 3.19. The van der Waals surface area contributed by atoms with Crippen LogP contribution in [0.25, 0.3) is 0 Å². The van der Waals surface area contributed by atoms with Crippen molar-refractivity contribution in [3.05, 3.63) is 65.7 Å². The number of rotatable bonds is 6. The van der Waals surface area contributed by atoms with Gasteiger partial charge in [0, 0.05) is 13.0 Å². The van der Waals surface area contributed by atoms with Gasteiger partial charge in [0.05, 0.1) is 12.3 Å². The molecule has 1 N–H and O–H groups in total. The zero-order valence-electron chi connectivity index (χ0n) is 15.5. The van der Waals surface area contributed by atoms with Gasteiger partial charge in [0.15, 0.2) is 0 Å². The number of amides is 1. The zero-order valence-corrected chi connectivity index (χ0v) is 15.5. The second-order valence-electron chi connectivity index (χ2n) is 6.31. The monoisotopic (exact) mass is 365 g/mol. The van der Waals surface area contributed by atoms with E-state index in [2.05, 4.69) is 10.4 Å². The van der Waals surface area contributed by atoms with Crippen molar-refractivity contribution in [2.24, 2.45) is 5.10 Å². The molecule has 6 heteroatoms. The molecule has 3 rings (SSSR count). The molecule has 1 heterocycles. The van der Waals surface area contributed by atoms with Crippen LogP contribution in [-0.2, 0) is 20.9 Å². The number of carbonyl (C=O) groups is 2. The van der Waals surface area contributed by atoms with Crippen molar-refractivity contribution in [1.29, 1.82) is 0 Å². The Balaban J connectivity index is 1.76. The highest BCUT2D eigenvalue weighted by molar-refractivity contribution is 6.38. The molecule has 27 heavy (non-hydrogen) atoms. The van der Waals surface area contributed by atoms with Gasteiger partial charge in [0.1, 0.15) is 11.8 Å². The molecule has 0 aromatic heterocycles. The number of carbonyl (C=O) groups excluding carboxylic acids is 2. The van der Waals surface area contributed by atoms with E-state index in [0.29, 0.717) is 6.54 Å². The van der Waals surface area contributed by atoms with Crippen molar-refractivity contribution in [1.82, 2.24) is 5.32 Å². The van der Waals surface area contributed by atoms with Crippen molar-refractivity contribution in [2.75, 3.05) is 11.6 Å². The van der Waals surface area contributed by atoms with E-state index in [1.165, 1.54) is 0 Å². The molecule has 2 aromatic rings. The van der Waals surface area contributed by atoms with Gasteiger partial charge in [0.25, 0.3) is 0 Å². The molecular formula is C21H23N3O3. The predicted molar refractivity (Wildman–Crippen MR) is 104 cm³/mol. The lowest BCUT2D eigenvalue weighted by molar-refractivity contribution is -0.135. The molecular weight excluding hydrogens is 342 g/mol. The van der Waals surface area contributed by atoms with E-state index in [1.54, 1.807) is 11.9 Å². The first-order valence-electron chi connectivity index (χ1n) is 9.01. The quantitative estimate of drug-likeness (QED) is 0.799. The van der Waals surface area contributed by atoms with Crippen molar-refractivity contribution in [2.45, 2.75) is 32.9 Å².